The Morgan fingerprint density at radius 2 is 1.85 bits per heavy atom. The van der Waals surface area contributed by atoms with E-state index in [0.29, 0.717) is 28.5 Å². The Balaban J connectivity index is 1.41. The number of esters is 1. The molecule has 0 atom stereocenters. The van der Waals surface area contributed by atoms with Crippen molar-refractivity contribution in [3.05, 3.63) is 94.2 Å². The highest BCUT2D eigenvalue weighted by atomic mass is 32.1. The third-order valence-electron chi connectivity index (χ3n) is 4.83. The fourth-order valence-electron chi connectivity index (χ4n) is 3.34. The van der Waals surface area contributed by atoms with Gasteiger partial charge in [-0.25, -0.2) is 10.2 Å². The summed E-state index contributed by atoms with van der Waals surface area (Å²) in [5.74, 6) is 0.100. The molecule has 4 rings (SSSR count). The quantitative estimate of drug-likeness (QED) is 0.170. The standard InChI is InChI=1S/C26H22N2O4S/c1-2-31-23-15-18(12-13-22(23)32-26(30)24-11-6-14-33-24)17-27-28-25(29)16-20-9-5-8-19-7-3-4-10-21(19)20/h3-15,17H,2,16H2,1H3,(H,28,29)/b27-17+. The van der Waals surface area contributed by atoms with Crippen LogP contribution in [-0.4, -0.2) is 24.7 Å². The molecule has 0 bridgehead atoms. The maximum absolute atomic E-state index is 12.4. The van der Waals surface area contributed by atoms with E-state index in [4.69, 9.17) is 9.47 Å². The summed E-state index contributed by atoms with van der Waals surface area (Å²) in [5.41, 5.74) is 4.20. The minimum Gasteiger partial charge on any atom is -0.490 e. The van der Waals surface area contributed by atoms with Gasteiger partial charge in [0.05, 0.1) is 19.2 Å². The number of carbonyl (C=O) groups is 2. The van der Waals surface area contributed by atoms with Crippen molar-refractivity contribution < 1.29 is 19.1 Å². The summed E-state index contributed by atoms with van der Waals surface area (Å²) < 4.78 is 11.1. The topological polar surface area (TPSA) is 77.0 Å². The van der Waals surface area contributed by atoms with E-state index >= 15 is 0 Å². The number of benzene rings is 3. The number of rotatable bonds is 8. The molecule has 0 spiro atoms. The van der Waals surface area contributed by atoms with E-state index in [1.807, 2.05) is 54.8 Å². The van der Waals surface area contributed by atoms with Gasteiger partial charge >= 0.3 is 5.97 Å². The summed E-state index contributed by atoms with van der Waals surface area (Å²) in [7, 11) is 0. The summed E-state index contributed by atoms with van der Waals surface area (Å²) >= 11 is 1.31. The molecule has 1 heterocycles. The molecular weight excluding hydrogens is 436 g/mol. The number of hydrazone groups is 1. The SMILES string of the molecule is CCOc1cc(/C=N/NC(=O)Cc2cccc3ccccc23)ccc1OC(=O)c1cccs1. The summed E-state index contributed by atoms with van der Waals surface area (Å²) in [6.45, 7) is 2.26. The Bertz CT molecular complexity index is 1290. The lowest BCUT2D eigenvalue weighted by Crippen LogP contribution is -2.19. The molecule has 0 aliphatic rings. The fourth-order valence-corrected chi connectivity index (χ4v) is 3.94. The lowest BCUT2D eigenvalue weighted by Gasteiger charge is -2.10. The summed E-state index contributed by atoms with van der Waals surface area (Å²) in [6, 6.07) is 22.4. The van der Waals surface area contributed by atoms with Gasteiger partial charge in [0.15, 0.2) is 11.5 Å². The molecule has 1 N–H and O–H groups in total. The molecule has 0 saturated carbocycles. The van der Waals surface area contributed by atoms with E-state index in [0.717, 1.165) is 16.3 Å². The number of hydrogen-bond acceptors (Lipinski definition) is 6. The molecule has 0 fully saturated rings. The van der Waals surface area contributed by atoms with Gasteiger partial charge in [-0.15, -0.1) is 11.3 Å². The van der Waals surface area contributed by atoms with Gasteiger partial charge in [-0.1, -0.05) is 48.5 Å². The van der Waals surface area contributed by atoms with Crippen molar-refractivity contribution in [1.82, 2.24) is 5.43 Å². The Morgan fingerprint density at radius 3 is 2.67 bits per heavy atom. The number of ether oxygens (including phenoxy) is 2. The van der Waals surface area contributed by atoms with E-state index in [1.54, 1.807) is 30.3 Å². The molecule has 0 aliphatic heterocycles. The van der Waals surface area contributed by atoms with E-state index in [2.05, 4.69) is 10.5 Å². The number of carbonyl (C=O) groups excluding carboxylic acids is 2. The zero-order valence-electron chi connectivity index (χ0n) is 18.0. The smallest absolute Gasteiger partial charge is 0.353 e. The second kappa shape index (κ2) is 10.6. The van der Waals surface area contributed by atoms with Crippen LogP contribution < -0.4 is 14.9 Å². The van der Waals surface area contributed by atoms with Crippen LogP contribution in [0.15, 0.2) is 83.3 Å². The third-order valence-corrected chi connectivity index (χ3v) is 5.68. The van der Waals surface area contributed by atoms with Gasteiger partial charge in [-0.3, -0.25) is 4.79 Å². The lowest BCUT2D eigenvalue weighted by molar-refractivity contribution is -0.120. The second-order valence-corrected chi connectivity index (χ2v) is 8.06. The highest BCUT2D eigenvalue weighted by Gasteiger charge is 2.14. The van der Waals surface area contributed by atoms with Gasteiger partial charge in [0, 0.05) is 0 Å². The molecule has 166 valence electrons. The van der Waals surface area contributed by atoms with Crippen LogP contribution in [0.4, 0.5) is 0 Å². The molecule has 0 aliphatic carbocycles. The highest BCUT2D eigenvalue weighted by molar-refractivity contribution is 7.12. The Labute approximate surface area is 195 Å². The van der Waals surface area contributed by atoms with Gasteiger partial charge in [-0.2, -0.15) is 5.10 Å². The first-order valence-corrected chi connectivity index (χ1v) is 11.3. The number of hydrogen-bond donors (Lipinski definition) is 1. The van der Waals surface area contributed by atoms with Crippen LogP contribution in [0, 0.1) is 0 Å². The van der Waals surface area contributed by atoms with Crippen molar-refractivity contribution in [1.29, 1.82) is 0 Å². The molecule has 7 heteroatoms. The number of fused-ring (bicyclic) bond motifs is 1. The van der Waals surface area contributed by atoms with Crippen LogP contribution in [0.1, 0.15) is 27.7 Å². The molecular formula is C26H22N2O4S. The monoisotopic (exact) mass is 458 g/mol. The van der Waals surface area contributed by atoms with Crippen LogP contribution in [0.5, 0.6) is 11.5 Å². The second-order valence-electron chi connectivity index (χ2n) is 7.11. The third kappa shape index (κ3) is 5.64. The molecule has 0 unspecified atom stereocenters. The Morgan fingerprint density at radius 1 is 1.00 bits per heavy atom. The molecule has 33 heavy (non-hydrogen) atoms. The summed E-state index contributed by atoms with van der Waals surface area (Å²) in [5, 5.41) is 8.02. The van der Waals surface area contributed by atoms with Crippen LogP contribution in [-0.2, 0) is 11.2 Å². The Kier molecular flexibility index (Phi) is 7.12. The number of amides is 1. The van der Waals surface area contributed by atoms with Gasteiger partial charge < -0.3 is 9.47 Å². The van der Waals surface area contributed by atoms with E-state index in [-0.39, 0.29) is 12.3 Å². The first-order valence-electron chi connectivity index (χ1n) is 10.4. The van der Waals surface area contributed by atoms with E-state index < -0.39 is 5.97 Å². The molecule has 0 saturated heterocycles. The molecule has 1 aromatic heterocycles. The molecule has 4 aromatic rings. The van der Waals surface area contributed by atoms with Crippen molar-refractivity contribution in [2.75, 3.05) is 6.61 Å². The zero-order chi connectivity index (χ0) is 23.0. The van der Waals surface area contributed by atoms with Crippen molar-refractivity contribution >= 4 is 40.2 Å². The lowest BCUT2D eigenvalue weighted by atomic mass is 10.0. The number of nitrogens with zero attached hydrogens (tertiary/aromatic N) is 1. The maximum Gasteiger partial charge on any atom is 0.353 e. The first-order chi connectivity index (χ1) is 16.1. The predicted octanol–water partition coefficient (Wildman–Crippen LogP) is 5.21. The van der Waals surface area contributed by atoms with Crippen LogP contribution in [0.25, 0.3) is 10.8 Å². The van der Waals surface area contributed by atoms with Crippen molar-refractivity contribution in [3.8, 4) is 11.5 Å². The van der Waals surface area contributed by atoms with Crippen molar-refractivity contribution in [2.45, 2.75) is 13.3 Å². The van der Waals surface area contributed by atoms with Crippen LogP contribution >= 0.6 is 11.3 Å². The molecule has 3 aromatic carbocycles. The van der Waals surface area contributed by atoms with Gasteiger partial charge in [0.2, 0.25) is 5.91 Å². The zero-order valence-corrected chi connectivity index (χ0v) is 18.8. The minimum absolute atomic E-state index is 0.214. The predicted molar refractivity (Wildman–Crippen MR) is 130 cm³/mol. The minimum atomic E-state index is -0.437. The normalized spacial score (nSPS) is 10.9. The van der Waals surface area contributed by atoms with Gasteiger partial charge in [-0.05, 0) is 58.5 Å². The van der Waals surface area contributed by atoms with Gasteiger partial charge in [0.25, 0.3) is 0 Å². The maximum atomic E-state index is 12.4. The average Bonchev–Trinajstić information content (AvgIpc) is 3.36. The molecule has 6 nitrogen and oxygen atoms in total. The highest BCUT2D eigenvalue weighted by Crippen LogP contribution is 2.29. The molecule has 0 radical (unpaired) electrons. The van der Waals surface area contributed by atoms with Crippen LogP contribution in [0.2, 0.25) is 0 Å². The summed E-state index contributed by atoms with van der Waals surface area (Å²) in [4.78, 5) is 25.2. The average molecular weight is 459 g/mol. The first kappa shape index (κ1) is 22.2. The number of thiophene rings is 1. The largest absolute Gasteiger partial charge is 0.490 e. The molecule has 1 amide bonds. The van der Waals surface area contributed by atoms with E-state index in [9.17, 15) is 9.59 Å². The van der Waals surface area contributed by atoms with E-state index in [1.165, 1.54) is 17.6 Å². The van der Waals surface area contributed by atoms with Gasteiger partial charge in [0.1, 0.15) is 4.88 Å². The summed E-state index contributed by atoms with van der Waals surface area (Å²) in [6.07, 6.45) is 1.74. The fraction of sp³-hybridized carbons (Fsp3) is 0.115. The Hall–Kier alpha value is -3.97. The number of nitrogens with one attached hydrogen (secondary N) is 1. The van der Waals surface area contributed by atoms with Crippen molar-refractivity contribution in [3.63, 3.8) is 0 Å². The van der Waals surface area contributed by atoms with Crippen molar-refractivity contribution in [2.24, 2.45) is 5.10 Å². The van der Waals surface area contributed by atoms with Crippen LogP contribution in [0.3, 0.4) is 0 Å².